The Hall–Kier alpha value is -3.12. The fraction of sp³-hybridized carbons (Fsp3) is 0.273. The molecule has 0 amide bonds. The molecule has 2 N–H and O–H groups in total. The summed E-state index contributed by atoms with van der Waals surface area (Å²) in [5.41, 5.74) is 5.64. The number of carboxylic acid groups (broad SMARTS) is 2. The number of hydrogen-bond acceptors (Lipinski definition) is 4. The van der Waals surface area contributed by atoms with Crippen molar-refractivity contribution in [2.75, 3.05) is 32.1 Å². The minimum Gasteiger partial charge on any atom is -0.478 e. The summed E-state index contributed by atoms with van der Waals surface area (Å²) in [6.45, 7) is 2.20. The summed E-state index contributed by atoms with van der Waals surface area (Å²) in [5.74, 6) is -2.51. The Morgan fingerprint density at radius 2 is 1.39 bits per heavy atom. The van der Waals surface area contributed by atoms with Crippen LogP contribution in [0.15, 0.2) is 60.7 Å². The molecule has 3 rings (SSSR count). The van der Waals surface area contributed by atoms with E-state index < -0.39 is 11.9 Å². The minimum absolute atomic E-state index is 0.558. The first-order valence-corrected chi connectivity index (χ1v) is 9.10. The lowest BCUT2D eigenvalue weighted by molar-refractivity contribution is -0.134. The van der Waals surface area contributed by atoms with Gasteiger partial charge in [-0.15, -0.1) is 0 Å². The number of para-hydroxylation sites is 2. The third kappa shape index (κ3) is 6.25. The van der Waals surface area contributed by atoms with E-state index in [-0.39, 0.29) is 0 Å². The third-order valence-electron chi connectivity index (χ3n) is 4.30. The summed E-state index contributed by atoms with van der Waals surface area (Å²) >= 11 is 0. The Labute approximate surface area is 165 Å². The smallest absolute Gasteiger partial charge is 0.328 e. The van der Waals surface area contributed by atoms with Crippen molar-refractivity contribution in [2.24, 2.45) is 0 Å². The van der Waals surface area contributed by atoms with Gasteiger partial charge >= 0.3 is 11.9 Å². The zero-order valence-electron chi connectivity index (χ0n) is 16.2. The Kier molecular flexibility index (Phi) is 7.77. The van der Waals surface area contributed by atoms with Crippen LogP contribution in [0.3, 0.4) is 0 Å². The Bertz CT molecular complexity index is 784. The highest BCUT2D eigenvalue weighted by molar-refractivity contribution is 5.89. The summed E-state index contributed by atoms with van der Waals surface area (Å²) in [6.07, 6.45) is 3.34. The number of nitrogens with zero attached hydrogens (tertiary/aromatic N) is 2. The van der Waals surface area contributed by atoms with Crippen molar-refractivity contribution in [2.45, 2.75) is 12.8 Å². The third-order valence-corrected chi connectivity index (χ3v) is 4.30. The van der Waals surface area contributed by atoms with Crippen LogP contribution in [0.1, 0.15) is 17.5 Å². The number of anilines is 2. The van der Waals surface area contributed by atoms with Gasteiger partial charge in [0.2, 0.25) is 0 Å². The first-order valence-electron chi connectivity index (χ1n) is 9.10. The summed E-state index contributed by atoms with van der Waals surface area (Å²) in [4.78, 5) is 23.8. The van der Waals surface area contributed by atoms with Crippen LogP contribution < -0.4 is 4.90 Å². The van der Waals surface area contributed by atoms with Gasteiger partial charge in [0, 0.05) is 36.5 Å². The molecule has 148 valence electrons. The van der Waals surface area contributed by atoms with Crippen LogP contribution in [0.4, 0.5) is 11.4 Å². The first-order chi connectivity index (χ1) is 13.4. The van der Waals surface area contributed by atoms with Crippen molar-refractivity contribution < 1.29 is 19.8 Å². The molecule has 0 bridgehead atoms. The van der Waals surface area contributed by atoms with Crippen LogP contribution in [0.5, 0.6) is 0 Å². The van der Waals surface area contributed by atoms with Gasteiger partial charge in [0.25, 0.3) is 0 Å². The van der Waals surface area contributed by atoms with Crippen molar-refractivity contribution in [1.29, 1.82) is 0 Å². The maximum absolute atomic E-state index is 9.55. The standard InChI is InChI=1S/C18H22N2.C4H4O4/c1-19(2)12-7-13-20-17-10-5-3-8-15(17)14-16-9-4-6-11-18(16)20;5-3(6)1-2-4(7)8/h3-6,8-11H,7,12-14H2,1-2H3;1-2H,(H,5,6)(H,7,8)/b;2-1+. The number of aliphatic carboxylic acids is 2. The number of carbonyl (C=O) groups is 2. The summed E-state index contributed by atoms with van der Waals surface area (Å²) in [5, 5.41) is 15.6. The van der Waals surface area contributed by atoms with Gasteiger partial charge < -0.3 is 20.0 Å². The largest absolute Gasteiger partial charge is 0.478 e. The second-order valence-electron chi connectivity index (χ2n) is 6.75. The van der Waals surface area contributed by atoms with Crippen molar-refractivity contribution in [3.8, 4) is 0 Å². The van der Waals surface area contributed by atoms with Gasteiger partial charge in [0.05, 0.1) is 0 Å². The molecule has 6 nitrogen and oxygen atoms in total. The van der Waals surface area contributed by atoms with E-state index in [0.717, 1.165) is 19.5 Å². The Balaban J connectivity index is 0.000000300. The lowest BCUT2D eigenvalue weighted by Gasteiger charge is -2.33. The molecule has 1 heterocycles. The van der Waals surface area contributed by atoms with Gasteiger partial charge in [-0.1, -0.05) is 36.4 Å². The van der Waals surface area contributed by atoms with Crippen LogP contribution in [0, 0.1) is 0 Å². The molecular formula is C22H26N2O4. The van der Waals surface area contributed by atoms with Crippen LogP contribution in [-0.4, -0.2) is 54.2 Å². The monoisotopic (exact) mass is 382 g/mol. The van der Waals surface area contributed by atoms with Crippen molar-refractivity contribution >= 4 is 23.3 Å². The predicted molar refractivity (Wildman–Crippen MR) is 110 cm³/mol. The average molecular weight is 382 g/mol. The van der Waals surface area contributed by atoms with E-state index in [1.807, 2.05) is 0 Å². The maximum Gasteiger partial charge on any atom is 0.328 e. The normalized spacial score (nSPS) is 12.2. The minimum atomic E-state index is -1.26. The number of benzene rings is 2. The molecule has 2 aromatic carbocycles. The highest BCUT2D eigenvalue weighted by Gasteiger charge is 2.21. The molecule has 0 saturated heterocycles. The van der Waals surface area contributed by atoms with Gasteiger partial charge in [-0.05, 0) is 50.3 Å². The van der Waals surface area contributed by atoms with Crippen LogP contribution in [0.2, 0.25) is 0 Å². The molecule has 1 aliphatic heterocycles. The molecule has 0 aliphatic carbocycles. The van der Waals surface area contributed by atoms with Crippen LogP contribution in [-0.2, 0) is 16.0 Å². The number of hydrogen-bond donors (Lipinski definition) is 2. The molecule has 28 heavy (non-hydrogen) atoms. The topological polar surface area (TPSA) is 81.1 Å². The van der Waals surface area contributed by atoms with Gasteiger partial charge in [0.1, 0.15) is 0 Å². The molecule has 0 aromatic heterocycles. The number of carboxylic acids is 2. The number of rotatable bonds is 6. The van der Waals surface area contributed by atoms with E-state index in [9.17, 15) is 9.59 Å². The molecule has 6 heteroatoms. The molecular weight excluding hydrogens is 356 g/mol. The van der Waals surface area contributed by atoms with Crippen molar-refractivity contribution in [3.05, 3.63) is 71.8 Å². The van der Waals surface area contributed by atoms with E-state index in [0.29, 0.717) is 12.2 Å². The Morgan fingerprint density at radius 3 is 1.82 bits per heavy atom. The van der Waals surface area contributed by atoms with Gasteiger partial charge in [0.15, 0.2) is 0 Å². The second-order valence-corrected chi connectivity index (χ2v) is 6.75. The predicted octanol–water partition coefficient (Wildman–Crippen LogP) is 3.39. The molecule has 0 spiro atoms. The van der Waals surface area contributed by atoms with E-state index >= 15 is 0 Å². The molecule has 2 aromatic rings. The van der Waals surface area contributed by atoms with Crippen LogP contribution >= 0.6 is 0 Å². The lowest BCUT2D eigenvalue weighted by atomic mass is 9.95. The maximum atomic E-state index is 9.55. The Morgan fingerprint density at radius 1 is 0.929 bits per heavy atom. The quantitative estimate of drug-likeness (QED) is 0.746. The highest BCUT2D eigenvalue weighted by atomic mass is 16.4. The van der Waals surface area contributed by atoms with E-state index in [4.69, 9.17) is 10.2 Å². The lowest BCUT2D eigenvalue weighted by Crippen LogP contribution is -2.27. The SMILES string of the molecule is CN(C)CCCN1c2ccccc2Cc2ccccc21.O=C(O)/C=C/C(=O)O. The highest BCUT2D eigenvalue weighted by Crippen LogP contribution is 2.38. The second kappa shape index (κ2) is 10.3. The van der Waals surface area contributed by atoms with Gasteiger partial charge in [-0.25, -0.2) is 9.59 Å². The van der Waals surface area contributed by atoms with Crippen LogP contribution in [0.25, 0.3) is 0 Å². The summed E-state index contributed by atoms with van der Waals surface area (Å²) in [7, 11) is 4.27. The zero-order chi connectivity index (χ0) is 20.5. The van der Waals surface area contributed by atoms with E-state index in [2.05, 4.69) is 72.4 Å². The molecule has 1 aliphatic rings. The van der Waals surface area contributed by atoms with Crippen molar-refractivity contribution in [1.82, 2.24) is 4.90 Å². The zero-order valence-corrected chi connectivity index (χ0v) is 16.2. The average Bonchev–Trinajstić information content (AvgIpc) is 2.66. The molecule has 0 saturated carbocycles. The van der Waals surface area contributed by atoms with Crippen molar-refractivity contribution in [3.63, 3.8) is 0 Å². The fourth-order valence-corrected chi connectivity index (χ4v) is 3.11. The molecule has 0 fully saturated rings. The summed E-state index contributed by atoms with van der Waals surface area (Å²) < 4.78 is 0. The first kappa shape index (κ1) is 21.2. The molecule has 0 atom stereocenters. The summed E-state index contributed by atoms with van der Waals surface area (Å²) in [6, 6.07) is 17.6. The molecule has 0 radical (unpaired) electrons. The van der Waals surface area contributed by atoms with E-state index in [1.54, 1.807) is 0 Å². The van der Waals surface area contributed by atoms with E-state index in [1.165, 1.54) is 28.9 Å². The fourth-order valence-electron chi connectivity index (χ4n) is 3.11. The number of fused-ring (bicyclic) bond motifs is 2. The van der Waals surface area contributed by atoms with Gasteiger partial charge in [-0.2, -0.15) is 0 Å². The van der Waals surface area contributed by atoms with Gasteiger partial charge in [-0.3, -0.25) is 0 Å². The molecule has 0 unspecified atom stereocenters.